The second kappa shape index (κ2) is 9.35. The maximum atomic E-state index is 13.5. The summed E-state index contributed by atoms with van der Waals surface area (Å²) >= 11 is 1.27. The molecule has 0 saturated carbocycles. The van der Waals surface area contributed by atoms with E-state index in [0.29, 0.717) is 22.7 Å². The molecule has 0 radical (unpaired) electrons. The van der Waals surface area contributed by atoms with E-state index in [4.69, 9.17) is 9.72 Å². The number of hydrogen-bond donors (Lipinski definition) is 1. The van der Waals surface area contributed by atoms with Gasteiger partial charge >= 0.3 is 0 Å². The number of carbonyl (C=O) groups excluding carboxylic acids is 1. The highest BCUT2D eigenvalue weighted by Crippen LogP contribution is 2.32. The SMILES string of the molecule is Cc1ccc(C)c(-n2c(SCC(=O)NC3CCOc4ccccc43)nc3ccccc3c2=O)c1. The number of benzene rings is 3. The number of aryl methyl sites for hydroxylation is 2. The Kier molecular flexibility index (Phi) is 6.11. The van der Waals surface area contributed by atoms with Crippen LogP contribution in [-0.4, -0.2) is 27.8 Å². The van der Waals surface area contributed by atoms with Crippen LogP contribution in [0.4, 0.5) is 0 Å². The Hall–Kier alpha value is -3.58. The maximum Gasteiger partial charge on any atom is 0.266 e. The van der Waals surface area contributed by atoms with Crippen molar-refractivity contribution in [2.45, 2.75) is 31.5 Å². The Morgan fingerprint density at radius 1 is 1.12 bits per heavy atom. The van der Waals surface area contributed by atoms with Crippen LogP contribution in [0.15, 0.2) is 76.7 Å². The summed E-state index contributed by atoms with van der Waals surface area (Å²) in [7, 11) is 0. The molecule has 4 aromatic rings. The minimum Gasteiger partial charge on any atom is -0.493 e. The van der Waals surface area contributed by atoms with Gasteiger partial charge in [0.2, 0.25) is 5.91 Å². The molecule has 1 atom stereocenters. The minimum atomic E-state index is -0.138. The third-order valence-electron chi connectivity index (χ3n) is 5.98. The maximum absolute atomic E-state index is 13.5. The molecule has 1 N–H and O–H groups in total. The highest BCUT2D eigenvalue weighted by Gasteiger charge is 2.23. The third kappa shape index (κ3) is 4.31. The second-order valence-electron chi connectivity index (χ2n) is 8.43. The number of amides is 1. The second-order valence-corrected chi connectivity index (χ2v) is 9.37. The predicted molar refractivity (Wildman–Crippen MR) is 135 cm³/mol. The fraction of sp³-hybridized carbons (Fsp3) is 0.222. The lowest BCUT2D eigenvalue weighted by Gasteiger charge is -2.26. The van der Waals surface area contributed by atoms with Crippen molar-refractivity contribution in [3.8, 4) is 11.4 Å². The first-order valence-electron chi connectivity index (χ1n) is 11.2. The zero-order valence-electron chi connectivity index (χ0n) is 19.1. The molecule has 1 aliphatic heterocycles. The zero-order chi connectivity index (χ0) is 23.7. The number of para-hydroxylation sites is 2. The summed E-state index contributed by atoms with van der Waals surface area (Å²) in [5.74, 6) is 0.850. The van der Waals surface area contributed by atoms with Crippen molar-refractivity contribution >= 4 is 28.6 Å². The summed E-state index contributed by atoms with van der Waals surface area (Å²) in [6.45, 7) is 4.53. The first-order valence-corrected chi connectivity index (χ1v) is 12.2. The van der Waals surface area contributed by atoms with Crippen molar-refractivity contribution in [1.29, 1.82) is 0 Å². The average molecular weight is 472 g/mol. The molecule has 0 saturated heterocycles. The highest BCUT2D eigenvalue weighted by atomic mass is 32.2. The Bertz CT molecular complexity index is 1450. The van der Waals surface area contributed by atoms with E-state index >= 15 is 0 Å². The lowest BCUT2D eigenvalue weighted by atomic mass is 10.0. The summed E-state index contributed by atoms with van der Waals surface area (Å²) < 4.78 is 7.33. The number of nitrogens with zero attached hydrogens (tertiary/aromatic N) is 2. The number of thioether (sulfide) groups is 1. The molecule has 0 aliphatic carbocycles. The molecular formula is C27H25N3O3S. The summed E-state index contributed by atoms with van der Waals surface area (Å²) in [6, 6.07) is 21.0. The molecule has 1 aliphatic rings. The Morgan fingerprint density at radius 3 is 2.79 bits per heavy atom. The van der Waals surface area contributed by atoms with Gasteiger partial charge in [-0.1, -0.05) is 54.2 Å². The molecule has 1 amide bonds. The topological polar surface area (TPSA) is 73.2 Å². The predicted octanol–water partition coefficient (Wildman–Crippen LogP) is 4.73. The fourth-order valence-corrected chi connectivity index (χ4v) is 5.06. The van der Waals surface area contributed by atoms with Crippen LogP contribution in [-0.2, 0) is 4.79 Å². The van der Waals surface area contributed by atoms with E-state index in [0.717, 1.165) is 34.5 Å². The number of aromatic nitrogens is 2. The van der Waals surface area contributed by atoms with Gasteiger partial charge in [-0.15, -0.1) is 0 Å². The standard InChI is InChI=1S/C27H25N3O3S/c1-17-11-12-18(2)23(15-17)30-26(32)20-8-3-5-9-21(20)29-27(30)34-16-25(31)28-22-13-14-33-24-10-6-4-7-19(22)24/h3-12,15,22H,13-14,16H2,1-2H3,(H,28,31). The molecule has 7 heteroatoms. The Balaban J connectivity index is 1.45. The van der Waals surface area contributed by atoms with Crippen molar-refractivity contribution in [2.24, 2.45) is 0 Å². The molecule has 1 unspecified atom stereocenters. The number of ether oxygens (including phenoxy) is 1. The highest BCUT2D eigenvalue weighted by molar-refractivity contribution is 7.99. The summed E-state index contributed by atoms with van der Waals surface area (Å²) in [5, 5.41) is 4.17. The molecule has 6 nitrogen and oxygen atoms in total. The minimum absolute atomic E-state index is 0.0937. The van der Waals surface area contributed by atoms with Gasteiger partial charge in [0.1, 0.15) is 5.75 Å². The molecule has 2 heterocycles. The molecule has 1 aromatic heterocycles. The molecule has 0 fully saturated rings. The molecule has 3 aromatic carbocycles. The van der Waals surface area contributed by atoms with E-state index < -0.39 is 0 Å². The van der Waals surface area contributed by atoms with Crippen molar-refractivity contribution in [3.05, 3.63) is 93.8 Å². The zero-order valence-corrected chi connectivity index (χ0v) is 19.9. The Morgan fingerprint density at radius 2 is 1.91 bits per heavy atom. The molecule has 0 spiro atoms. The molecule has 0 bridgehead atoms. The van der Waals surface area contributed by atoms with Gasteiger partial charge in [0.15, 0.2) is 5.16 Å². The van der Waals surface area contributed by atoms with E-state index in [9.17, 15) is 9.59 Å². The monoisotopic (exact) mass is 471 g/mol. The number of rotatable bonds is 5. The van der Waals surface area contributed by atoms with Gasteiger partial charge in [-0.3, -0.25) is 14.2 Å². The number of hydrogen-bond acceptors (Lipinski definition) is 5. The first-order chi connectivity index (χ1) is 16.5. The van der Waals surface area contributed by atoms with Gasteiger partial charge < -0.3 is 10.1 Å². The average Bonchev–Trinajstić information content (AvgIpc) is 2.85. The van der Waals surface area contributed by atoms with Crippen molar-refractivity contribution < 1.29 is 9.53 Å². The number of carbonyl (C=O) groups is 1. The van der Waals surface area contributed by atoms with E-state index in [2.05, 4.69) is 5.32 Å². The van der Waals surface area contributed by atoms with Gasteiger partial charge in [0.05, 0.1) is 35.0 Å². The third-order valence-corrected chi connectivity index (χ3v) is 6.92. The van der Waals surface area contributed by atoms with Crippen molar-refractivity contribution in [2.75, 3.05) is 12.4 Å². The number of nitrogens with one attached hydrogen (secondary N) is 1. The summed E-state index contributed by atoms with van der Waals surface area (Å²) in [4.78, 5) is 31.2. The van der Waals surface area contributed by atoms with Crippen LogP contribution >= 0.6 is 11.8 Å². The van der Waals surface area contributed by atoms with Gasteiger partial charge in [-0.25, -0.2) is 4.98 Å². The smallest absolute Gasteiger partial charge is 0.266 e. The van der Waals surface area contributed by atoms with E-state index in [-0.39, 0.29) is 23.3 Å². The lowest BCUT2D eigenvalue weighted by molar-refractivity contribution is -0.119. The molecular weight excluding hydrogens is 446 g/mol. The quantitative estimate of drug-likeness (QED) is 0.336. The van der Waals surface area contributed by atoms with Crippen LogP contribution in [0.25, 0.3) is 16.6 Å². The van der Waals surface area contributed by atoms with Crippen LogP contribution in [0.2, 0.25) is 0 Å². The number of fused-ring (bicyclic) bond motifs is 2. The van der Waals surface area contributed by atoms with E-state index in [1.54, 1.807) is 10.6 Å². The van der Waals surface area contributed by atoms with Crippen LogP contribution < -0.4 is 15.6 Å². The van der Waals surface area contributed by atoms with Gasteiger partial charge in [-0.2, -0.15) is 0 Å². The summed E-state index contributed by atoms with van der Waals surface area (Å²) in [6.07, 6.45) is 0.717. The van der Waals surface area contributed by atoms with E-state index in [1.807, 2.05) is 74.5 Å². The summed E-state index contributed by atoms with van der Waals surface area (Å²) in [5.41, 5.74) is 4.27. The van der Waals surface area contributed by atoms with Gasteiger partial charge in [0.25, 0.3) is 5.56 Å². The Labute approximate surface area is 202 Å². The first kappa shape index (κ1) is 22.2. The lowest BCUT2D eigenvalue weighted by Crippen LogP contribution is -2.33. The van der Waals surface area contributed by atoms with Crippen molar-refractivity contribution in [1.82, 2.24) is 14.9 Å². The van der Waals surface area contributed by atoms with E-state index in [1.165, 1.54) is 11.8 Å². The van der Waals surface area contributed by atoms with Gasteiger partial charge in [-0.05, 0) is 49.2 Å². The van der Waals surface area contributed by atoms with Crippen molar-refractivity contribution in [3.63, 3.8) is 0 Å². The van der Waals surface area contributed by atoms with Crippen LogP contribution in [0.3, 0.4) is 0 Å². The van der Waals surface area contributed by atoms with Gasteiger partial charge in [0, 0.05) is 12.0 Å². The van der Waals surface area contributed by atoms with Crippen LogP contribution in [0, 0.1) is 13.8 Å². The normalized spacial score (nSPS) is 14.9. The molecule has 34 heavy (non-hydrogen) atoms. The molecule has 5 rings (SSSR count). The van der Waals surface area contributed by atoms with Crippen LogP contribution in [0.1, 0.15) is 29.2 Å². The fourth-order valence-electron chi connectivity index (χ4n) is 4.24. The van der Waals surface area contributed by atoms with Crippen LogP contribution in [0.5, 0.6) is 5.75 Å². The molecule has 172 valence electrons. The largest absolute Gasteiger partial charge is 0.493 e.